The van der Waals surface area contributed by atoms with E-state index in [0.29, 0.717) is 37.2 Å². The third-order valence-corrected chi connectivity index (χ3v) is 5.07. The van der Waals surface area contributed by atoms with E-state index in [4.69, 9.17) is 4.74 Å². The van der Waals surface area contributed by atoms with Crippen molar-refractivity contribution in [2.24, 2.45) is 0 Å². The lowest BCUT2D eigenvalue weighted by Crippen LogP contribution is -2.43. The summed E-state index contributed by atoms with van der Waals surface area (Å²) in [6, 6.07) is 9.03. The van der Waals surface area contributed by atoms with Gasteiger partial charge in [0.25, 0.3) is 0 Å². The van der Waals surface area contributed by atoms with Crippen LogP contribution in [0.1, 0.15) is 47.2 Å². The first-order chi connectivity index (χ1) is 12.6. The molecule has 26 heavy (non-hydrogen) atoms. The number of carbonyl (C=O) groups is 1. The number of fused-ring (bicyclic) bond motifs is 2. The van der Waals surface area contributed by atoms with Gasteiger partial charge in [0, 0.05) is 6.07 Å². The highest BCUT2D eigenvalue weighted by Crippen LogP contribution is 2.32. The molecule has 1 heterocycles. The molecular formula is C20H20F2N2O2. The number of hydrogen-bond acceptors (Lipinski definition) is 2. The third kappa shape index (κ3) is 3.29. The molecule has 0 radical (unpaired) electrons. The number of halogens is 2. The van der Waals surface area contributed by atoms with Crippen molar-refractivity contribution in [1.82, 2.24) is 10.6 Å². The van der Waals surface area contributed by atoms with Crippen molar-refractivity contribution in [3.8, 4) is 0 Å². The summed E-state index contributed by atoms with van der Waals surface area (Å²) in [6.45, 7) is 0.930. The predicted octanol–water partition coefficient (Wildman–Crippen LogP) is 3.91. The largest absolute Gasteiger partial charge is 0.374 e. The molecule has 2 amide bonds. The average Bonchev–Trinajstić information content (AvgIpc) is 2.63. The number of rotatable bonds is 2. The molecule has 1 unspecified atom stereocenters. The molecule has 0 spiro atoms. The number of carbonyl (C=O) groups excluding carboxylic acids is 1. The molecule has 1 aliphatic heterocycles. The first-order valence-electron chi connectivity index (χ1n) is 8.82. The molecule has 6 heteroatoms. The highest BCUT2D eigenvalue weighted by Gasteiger charge is 2.27. The van der Waals surface area contributed by atoms with Gasteiger partial charge in [0.15, 0.2) is 0 Å². The van der Waals surface area contributed by atoms with Crippen LogP contribution in [-0.4, -0.2) is 12.6 Å². The molecule has 1 aliphatic carbocycles. The zero-order valence-electron chi connectivity index (χ0n) is 14.2. The van der Waals surface area contributed by atoms with Crippen LogP contribution in [0.3, 0.4) is 0 Å². The maximum atomic E-state index is 14.0. The molecule has 2 aromatic carbocycles. The average molecular weight is 358 g/mol. The molecular weight excluding hydrogens is 338 g/mol. The summed E-state index contributed by atoms with van der Waals surface area (Å²) in [7, 11) is 0. The van der Waals surface area contributed by atoms with Crippen molar-refractivity contribution in [2.45, 2.75) is 38.0 Å². The topological polar surface area (TPSA) is 50.4 Å². The van der Waals surface area contributed by atoms with Crippen LogP contribution in [0.5, 0.6) is 0 Å². The van der Waals surface area contributed by atoms with Crippen molar-refractivity contribution in [3.63, 3.8) is 0 Å². The number of nitrogens with one attached hydrogen (secondary N) is 2. The van der Waals surface area contributed by atoms with Crippen molar-refractivity contribution in [3.05, 3.63) is 70.3 Å². The Labute approximate surface area is 150 Å². The second-order valence-electron chi connectivity index (χ2n) is 6.78. The Bertz CT molecular complexity index is 841. The molecule has 2 atom stereocenters. The van der Waals surface area contributed by atoms with Crippen molar-refractivity contribution in [2.75, 3.05) is 6.61 Å². The smallest absolute Gasteiger partial charge is 0.315 e. The minimum Gasteiger partial charge on any atom is -0.374 e. The van der Waals surface area contributed by atoms with Crippen molar-refractivity contribution < 1.29 is 18.3 Å². The van der Waals surface area contributed by atoms with Gasteiger partial charge in [0.2, 0.25) is 0 Å². The standard InChI is InChI=1S/C20H20F2N2O2/c21-13-8-16-15(17(22)9-13)6-3-7-18(16)23-20(25)24-19-11-26-10-12-4-1-2-5-14(12)19/h1-2,4-5,8-9,18-19H,3,6-7,10-11H2,(H2,23,24,25)/t18-,19?/m1/s1. The molecule has 4 nitrogen and oxygen atoms in total. The van der Waals surface area contributed by atoms with Gasteiger partial charge in [-0.1, -0.05) is 24.3 Å². The van der Waals surface area contributed by atoms with Crippen LogP contribution in [0.25, 0.3) is 0 Å². The fourth-order valence-electron chi connectivity index (χ4n) is 3.85. The van der Waals surface area contributed by atoms with Crippen LogP contribution in [0, 0.1) is 11.6 Å². The van der Waals surface area contributed by atoms with Gasteiger partial charge in [-0.05, 0) is 47.6 Å². The predicted molar refractivity (Wildman–Crippen MR) is 92.5 cm³/mol. The van der Waals surface area contributed by atoms with Crippen LogP contribution in [0.2, 0.25) is 0 Å². The third-order valence-electron chi connectivity index (χ3n) is 5.07. The summed E-state index contributed by atoms with van der Waals surface area (Å²) >= 11 is 0. The molecule has 0 fully saturated rings. The van der Waals surface area contributed by atoms with Gasteiger partial charge < -0.3 is 15.4 Å². The van der Waals surface area contributed by atoms with Gasteiger partial charge in [-0.15, -0.1) is 0 Å². The highest BCUT2D eigenvalue weighted by atomic mass is 19.1. The molecule has 0 aromatic heterocycles. The highest BCUT2D eigenvalue weighted by molar-refractivity contribution is 5.75. The van der Waals surface area contributed by atoms with Crippen LogP contribution >= 0.6 is 0 Å². The van der Waals surface area contributed by atoms with E-state index in [2.05, 4.69) is 10.6 Å². The van der Waals surface area contributed by atoms with Gasteiger partial charge in [0.1, 0.15) is 11.6 Å². The Balaban J connectivity index is 1.49. The molecule has 0 saturated heterocycles. The van der Waals surface area contributed by atoms with Gasteiger partial charge in [0.05, 0.1) is 25.3 Å². The quantitative estimate of drug-likeness (QED) is 0.855. The fourth-order valence-corrected chi connectivity index (χ4v) is 3.85. The minimum atomic E-state index is -0.620. The van der Waals surface area contributed by atoms with Crippen molar-refractivity contribution >= 4 is 6.03 Å². The van der Waals surface area contributed by atoms with E-state index in [0.717, 1.165) is 23.6 Å². The first-order valence-corrected chi connectivity index (χ1v) is 8.82. The number of amides is 2. The molecule has 0 saturated carbocycles. The Morgan fingerprint density at radius 3 is 2.77 bits per heavy atom. The lowest BCUT2D eigenvalue weighted by molar-refractivity contribution is 0.0841. The maximum absolute atomic E-state index is 14.0. The Morgan fingerprint density at radius 1 is 1.08 bits per heavy atom. The number of ether oxygens (including phenoxy) is 1. The van der Waals surface area contributed by atoms with E-state index in [1.165, 1.54) is 6.07 Å². The van der Waals surface area contributed by atoms with Gasteiger partial charge in [-0.25, -0.2) is 13.6 Å². The van der Waals surface area contributed by atoms with Crippen molar-refractivity contribution in [1.29, 1.82) is 0 Å². The van der Waals surface area contributed by atoms with Crippen LogP contribution in [-0.2, 0) is 17.8 Å². The summed E-state index contributed by atoms with van der Waals surface area (Å²) in [5, 5.41) is 5.79. The number of hydrogen-bond donors (Lipinski definition) is 2. The Hall–Kier alpha value is -2.47. The first kappa shape index (κ1) is 17.0. The molecule has 2 aliphatic rings. The fraction of sp³-hybridized carbons (Fsp3) is 0.350. The summed E-state index contributed by atoms with van der Waals surface area (Å²) in [6.07, 6.45) is 1.96. The molecule has 136 valence electrons. The Kier molecular flexibility index (Phi) is 4.59. The molecule has 0 bridgehead atoms. The number of benzene rings is 2. The van der Waals surface area contributed by atoms with Gasteiger partial charge in [-0.2, -0.15) is 0 Å². The second kappa shape index (κ2) is 7.03. The summed E-state index contributed by atoms with van der Waals surface area (Å²) in [4.78, 5) is 12.5. The summed E-state index contributed by atoms with van der Waals surface area (Å²) in [5.41, 5.74) is 3.12. The Morgan fingerprint density at radius 2 is 1.88 bits per heavy atom. The van der Waals surface area contributed by atoms with E-state index in [1.54, 1.807) is 0 Å². The normalized spacial score (nSPS) is 21.5. The van der Waals surface area contributed by atoms with E-state index in [-0.39, 0.29) is 12.1 Å². The lowest BCUT2D eigenvalue weighted by atomic mass is 9.87. The lowest BCUT2D eigenvalue weighted by Gasteiger charge is -2.30. The minimum absolute atomic E-state index is 0.243. The molecule has 4 rings (SSSR count). The summed E-state index contributed by atoms with van der Waals surface area (Å²) in [5.74, 6) is -1.16. The monoisotopic (exact) mass is 358 g/mol. The number of urea groups is 1. The maximum Gasteiger partial charge on any atom is 0.315 e. The zero-order chi connectivity index (χ0) is 18.1. The van der Waals surface area contributed by atoms with E-state index < -0.39 is 17.7 Å². The van der Waals surface area contributed by atoms with Gasteiger partial charge >= 0.3 is 6.03 Å². The zero-order valence-corrected chi connectivity index (χ0v) is 14.2. The van der Waals surface area contributed by atoms with Crippen LogP contribution in [0.15, 0.2) is 36.4 Å². The van der Waals surface area contributed by atoms with E-state index in [9.17, 15) is 13.6 Å². The molecule has 2 N–H and O–H groups in total. The summed E-state index contributed by atoms with van der Waals surface area (Å²) < 4.78 is 33.2. The SMILES string of the molecule is O=C(NC1COCc2ccccc21)N[C@@H]1CCCc2c(F)cc(F)cc21. The van der Waals surface area contributed by atoms with E-state index >= 15 is 0 Å². The molecule has 2 aromatic rings. The van der Waals surface area contributed by atoms with Crippen LogP contribution < -0.4 is 10.6 Å². The van der Waals surface area contributed by atoms with Gasteiger partial charge in [-0.3, -0.25) is 0 Å². The van der Waals surface area contributed by atoms with Crippen LogP contribution in [0.4, 0.5) is 13.6 Å². The van der Waals surface area contributed by atoms with E-state index in [1.807, 2.05) is 24.3 Å². The second-order valence-corrected chi connectivity index (χ2v) is 6.78.